The maximum absolute atomic E-state index is 10.8. The average molecular weight is 231 g/mol. The molecule has 3 atom stereocenters. The third-order valence-corrected chi connectivity index (χ3v) is 4.14. The minimum atomic E-state index is -0.561. The van der Waals surface area contributed by atoms with Crippen molar-refractivity contribution in [2.24, 2.45) is 11.5 Å². The Bertz CT molecular complexity index is 213. The van der Waals surface area contributed by atoms with Gasteiger partial charge < -0.3 is 16.8 Å². The van der Waals surface area contributed by atoms with Crippen LogP contribution in [0.4, 0.5) is 0 Å². The van der Waals surface area contributed by atoms with Gasteiger partial charge in [0.15, 0.2) is 0 Å². The Kier molecular flexibility index (Phi) is 5.42. The summed E-state index contributed by atoms with van der Waals surface area (Å²) in [4.78, 5) is 10.8. The standard InChI is InChI=1S/C10H21N3OS/c1-15-9-5-3-2-4-8(9)13-6-7(11)10(12)14/h7-9,13H,2-6,11H2,1H3,(H2,12,14). The van der Waals surface area contributed by atoms with Gasteiger partial charge in [0, 0.05) is 17.8 Å². The summed E-state index contributed by atoms with van der Waals surface area (Å²) in [6.45, 7) is 0.497. The van der Waals surface area contributed by atoms with E-state index < -0.39 is 11.9 Å². The van der Waals surface area contributed by atoms with E-state index in [4.69, 9.17) is 11.5 Å². The van der Waals surface area contributed by atoms with Crippen molar-refractivity contribution in [1.82, 2.24) is 5.32 Å². The summed E-state index contributed by atoms with van der Waals surface area (Å²) in [5, 5.41) is 4.01. The molecule has 15 heavy (non-hydrogen) atoms. The molecule has 0 aromatic rings. The zero-order valence-corrected chi connectivity index (χ0v) is 10.1. The number of nitrogens with two attached hydrogens (primary N) is 2. The number of rotatable bonds is 5. The topological polar surface area (TPSA) is 81.1 Å². The van der Waals surface area contributed by atoms with Crippen LogP contribution in [0.2, 0.25) is 0 Å². The van der Waals surface area contributed by atoms with E-state index in [1.54, 1.807) is 0 Å². The summed E-state index contributed by atoms with van der Waals surface area (Å²) >= 11 is 1.89. The van der Waals surface area contributed by atoms with Gasteiger partial charge in [-0.1, -0.05) is 12.8 Å². The first-order chi connectivity index (χ1) is 7.15. The number of hydrogen-bond donors (Lipinski definition) is 3. The molecule has 0 aromatic heterocycles. The fourth-order valence-corrected chi connectivity index (χ4v) is 2.95. The number of carbonyl (C=O) groups excluding carboxylic acids is 1. The Morgan fingerprint density at radius 1 is 1.53 bits per heavy atom. The fourth-order valence-electron chi connectivity index (χ4n) is 1.99. The molecule has 88 valence electrons. The molecule has 0 saturated heterocycles. The van der Waals surface area contributed by atoms with Crippen LogP contribution in [0.3, 0.4) is 0 Å². The highest BCUT2D eigenvalue weighted by Crippen LogP contribution is 2.26. The van der Waals surface area contributed by atoms with Crippen LogP contribution in [0.25, 0.3) is 0 Å². The zero-order valence-electron chi connectivity index (χ0n) is 9.24. The first-order valence-corrected chi connectivity index (χ1v) is 6.75. The Morgan fingerprint density at radius 3 is 2.80 bits per heavy atom. The number of nitrogens with one attached hydrogen (secondary N) is 1. The van der Waals surface area contributed by atoms with Gasteiger partial charge in [-0.3, -0.25) is 4.79 Å². The Labute approximate surface area is 95.5 Å². The van der Waals surface area contributed by atoms with Crippen LogP contribution < -0.4 is 16.8 Å². The molecular weight excluding hydrogens is 210 g/mol. The molecule has 0 radical (unpaired) electrons. The lowest BCUT2D eigenvalue weighted by molar-refractivity contribution is -0.119. The summed E-state index contributed by atoms with van der Waals surface area (Å²) in [6.07, 6.45) is 7.15. The van der Waals surface area contributed by atoms with Gasteiger partial charge >= 0.3 is 0 Å². The van der Waals surface area contributed by atoms with Crippen LogP contribution in [0.15, 0.2) is 0 Å². The van der Waals surface area contributed by atoms with Crippen LogP contribution in [0.1, 0.15) is 25.7 Å². The van der Waals surface area contributed by atoms with Crippen molar-refractivity contribution in [2.45, 2.75) is 43.0 Å². The first kappa shape index (κ1) is 12.8. The lowest BCUT2D eigenvalue weighted by Gasteiger charge is -2.31. The predicted molar refractivity (Wildman–Crippen MR) is 64.7 cm³/mol. The third kappa shape index (κ3) is 4.01. The van der Waals surface area contributed by atoms with Crippen molar-refractivity contribution in [3.63, 3.8) is 0 Å². The Balaban J connectivity index is 2.32. The number of hydrogen-bond acceptors (Lipinski definition) is 4. The molecule has 0 spiro atoms. The van der Waals surface area contributed by atoms with Gasteiger partial charge in [0.05, 0.1) is 6.04 Å². The molecule has 1 fully saturated rings. The van der Waals surface area contributed by atoms with Gasteiger partial charge in [-0.2, -0.15) is 11.8 Å². The largest absolute Gasteiger partial charge is 0.368 e. The van der Waals surface area contributed by atoms with E-state index in [0.717, 1.165) is 0 Å². The maximum Gasteiger partial charge on any atom is 0.235 e. The highest BCUT2D eigenvalue weighted by atomic mass is 32.2. The Morgan fingerprint density at radius 2 is 2.20 bits per heavy atom. The van der Waals surface area contributed by atoms with Gasteiger partial charge in [0.2, 0.25) is 5.91 Å². The third-order valence-electron chi connectivity index (χ3n) is 2.97. The molecular formula is C10H21N3OS. The molecule has 0 aromatic carbocycles. The van der Waals surface area contributed by atoms with Crippen molar-refractivity contribution >= 4 is 17.7 Å². The SMILES string of the molecule is CSC1CCCCC1NCC(N)C(N)=O. The highest BCUT2D eigenvalue weighted by Gasteiger charge is 2.24. The van der Waals surface area contributed by atoms with Crippen LogP contribution in [-0.2, 0) is 4.79 Å². The van der Waals surface area contributed by atoms with Crippen molar-refractivity contribution in [3.8, 4) is 0 Å². The lowest BCUT2D eigenvalue weighted by Crippen LogP contribution is -2.50. The van der Waals surface area contributed by atoms with Crippen LogP contribution in [0.5, 0.6) is 0 Å². The summed E-state index contributed by atoms with van der Waals surface area (Å²) < 4.78 is 0. The molecule has 1 aliphatic carbocycles. The van der Waals surface area contributed by atoms with E-state index in [1.807, 2.05) is 11.8 Å². The molecule has 0 aliphatic heterocycles. The van der Waals surface area contributed by atoms with Gasteiger partial charge in [-0.15, -0.1) is 0 Å². The average Bonchev–Trinajstić information content (AvgIpc) is 2.26. The van der Waals surface area contributed by atoms with Gasteiger partial charge in [0.1, 0.15) is 0 Å². The van der Waals surface area contributed by atoms with Crippen LogP contribution >= 0.6 is 11.8 Å². The molecule has 3 unspecified atom stereocenters. The monoisotopic (exact) mass is 231 g/mol. The quantitative estimate of drug-likeness (QED) is 0.625. The second kappa shape index (κ2) is 6.35. The summed E-state index contributed by atoms with van der Waals surface area (Å²) in [5.41, 5.74) is 10.7. The fraction of sp³-hybridized carbons (Fsp3) is 0.900. The summed E-state index contributed by atoms with van der Waals surface area (Å²) in [5.74, 6) is -0.431. The van der Waals surface area contributed by atoms with E-state index in [2.05, 4.69) is 11.6 Å². The number of thioether (sulfide) groups is 1. The Hall–Kier alpha value is -0.260. The zero-order chi connectivity index (χ0) is 11.3. The first-order valence-electron chi connectivity index (χ1n) is 5.46. The molecule has 5 N–H and O–H groups in total. The minimum Gasteiger partial charge on any atom is -0.368 e. The molecule has 1 aliphatic rings. The molecule has 0 bridgehead atoms. The van der Waals surface area contributed by atoms with Crippen molar-refractivity contribution < 1.29 is 4.79 Å². The molecule has 1 rings (SSSR count). The molecule has 5 heteroatoms. The lowest BCUT2D eigenvalue weighted by atomic mass is 9.94. The molecule has 1 saturated carbocycles. The van der Waals surface area contributed by atoms with Gasteiger partial charge in [-0.05, 0) is 19.1 Å². The van der Waals surface area contributed by atoms with E-state index >= 15 is 0 Å². The van der Waals surface area contributed by atoms with E-state index in [9.17, 15) is 4.79 Å². The maximum atomic E-state index is 10.8. The summed E-state index contributed by atoms with van der Waals surface area (Å²) in [6, 6.07) is -0.0754. The second-order valence-electron chi connectivity index (χ2n) is 4.08. The second-order valence-corrected chi connectivity index (χ2v) is 5.16. The smallest absolute Gasteiger partial charge is 0.235 e. The van der Waals surface area contributed by atoms with E-state index in [0.29, 0.717) is 17.8 Å². The number of carbonyl (C=O) groups is 1. The number of amides is 1. The van der Waals surface area contributed by atoms with Crippen molar-refractivity contribution in [3.05, 3.63) is 0 Å². The molecule has 0 heterocycles. The van der Waals surface area contributed by atoms with Crippen molar-refractivity contribution in [1.29, 1.82) is 0 Å². The number of primary amides is 1. The predicted octanol–water partition coefficient (Wildman–Crippen LogP) is 0.0628. The van der Waals surface area contributed by atoms with Gasteiger partial charge in [0.25, 0.3) is 0 Å². The molecule has 4 nitrogen and oxygen atoms in total. The normalized spacial score (nSPS) is 28.7. The van der Waals surface area contributed by atoms with Gasteiger partial charge in [-0.25, -0.2) is 0 Å². The summed E-state index contributed by atoms with van der Waals surface area (Å²) in [7, 11) is 0. The van der Waals surface area contributed by atoms with Crippen LogP contribution in [-0.4, -0.2) is 36.0 Å². The van der Waals surface area contributed by atoms with E-state index in [-0.39, 0.29) is 0 Å². The van der Waals surface area contributed by atoms with Crippen LogP contribution in [0, 0.1) is 0 Å². The minimum absolute atomic E-state index is 0.431. The van der Waals surface area contributed by atoms with E-state index in [1.165, 1.54) is 25.7 Å². The molecule has 1 amide bonds. The van der Waals surface area contributed by atoms with Crippen molar-refractivity contribution in [2.75, 3.05) is 12.8 Å². The highest BCUT2D eigenvalue weighted by molar-refractivity contribution is 7.99.